The number of nitrogens with zero attached hydrogens (tertiary/aromatic N) is 4. The van der Waals surface area contributed by atoms with E-state index in [-0.39, 0.29) is 22.9 Å². The highest BCUT2D eigenvalue weighted by atomic mass is 32.2. The number of hydrogen-bond donors (Lipinski definition) is 1. The number of ketones is 1. The molecule has 4 aromatic rings. The first-order valence-electron chi connectivity index (χ1n) is 13.9. The largest absolute Gasteiger partial charge is 0.359 e. The lowest BCUT2D eigenvalue weighted by Gasteiger charge is -2.16. The molecule has 2 aromatic heterocycles. The summed E-state index contributed by atoms with van der Waals surface area (Å²) >= 11 is 0. The second kappa shape index (κ2) is 11.7. The third-order valence-corrected chi connectivity index (χ3v) is 8.96. The molecule has 0 saturated heterocycles. The number of rotatable bonds is 9. The van der Waals surface area contributed by atoms with E-state index in [4.69, 9.17) is 9.51 Å². The van der Waals surface area contributed by atoms with E-state index < -0.39 is 10.0 Å². The van der Waals surface area contributed by atoms with E-state index in [1.807, 2.05) is 22.8 Å². The molecule has 2 aromatic carbocycles. The molecule has 1 aliphatic rings. The maximum Gasteiger partial charge on any atom is 0.263 e. The van der Waals surface area contributed by atoms with Gasteiger partial charge in [-0.15, -0.1) is 0 Å². The monoisotopic (exact) mass is 571 g/mol. The topological polar surface area (TPSA) is 131 Å². The quantitative estimate of drug-likeness (QED) is 0.246. The fourth-order valence-corrected chi connectivity index (χ4v) is 6.64. The van der Waals surface area contributed by atoms with Crippen molar-refractivity contribution in [1.29, 1.82) is 5.26 Å². The zero-order valence-corrected chi connectivity index (χ0v) is 24.3. The third-order valence-electron chi connectivity index (χ3n) is 7.56. The lowest BCUT2D eigenvalue weighted by Crippen LogP contribution is -2.15. The van der Waals surface area contributed by atoms with Crippen LogP contribution >= 0.6 is 0 Å². The van der Waals surface area contributed by atoms with Crippen molar-refractivity contribution in [2.45, 2.75) is 77.2 Å². The number of fused-ring (bicyclic) bond motifs is 1. The van der Waals surface area contributed by atoms with Gasteiger partial charge in [0.15, 0.2) is 11.6 Å². The lowest BCUT2D eigenvalue weighted by molar-refractivity contribution is 0.0973. The number of carbonyl (C=O) groups is 1. The molecule has 10 heteroatoms. The van der Waals surface area contributed by atoms with E-state index in [0.29, 0.717) is 46.7 Å². The van der Waals surface area contributed by atoms with Crippen molar-refractivity contribution in [3.05, 3.63) is 82.1 Å². The molecule has 0 fully saturated rings. The fraction of sp³-hybridized carbons (Fsp3) is 0.355. The Bertz CT molecular complexity index is 1760. The van der Waals surface area contributed by atoms with E-state index in [9.17, 15) is 18.5 Å². The summed E-state index contributed by atoms with van der Waals surface area (Å²) in [4.78, 5) is 18.0. The summed E-state index contributed by atoms with van der Waals surface area (Å²) in [5, 5.41) is 13.5. The van der Waals surface area contributed by atoms with Gasteiger partial charge in [0.25, 0.3) is 10.0 Å². The predicted molar refractivity (Wildman–Crippen MR) is 155 cm³/mol. The molecular weight excluding hydrogens is 538 g/mol. The molecule has 0 aliphatic heterocycles. The van der Waals surface area contributed by atoms with Gasteiger partial charge in [0.2, 0.25) is 0 Å². The zero-order chi connectivity index (χ0) is 29.1. The standard InChI is InChI=1S/C31H33N5O4S/c1-4-9-29-33-26-11-6-7-12-27(37)30(26)36(29)19-22-14-15-24(23(18-22)16-17-32)25-10-5-8-13-28(25)41(38,39)35-31-20(2)21(3)40-34-31/h5,8,10,13-15,18H,4,6-7,9,11-12,16,19H2,1-3H3,(H,34,35). The smallest absolute Gasteiger partial charge is 0.263 e. The summed E-state index contributed by atoms with van der Waals surface area (Å²) in [5.74, 6) is 1.70. The van der Waals surface area contributed by atoms with Gasteiger partial charge in [-0.05, 0) is 62.3 Å². The maximum absolute atomic E-state index is 13.5. The fourth-order valence-electron chi connectivity index (χ4n) is 5.36. The molecular formula is C31H33N5O4S. The van der Waals surface area contributed by atoms with E-state index in [1.54, 1.807) is 32.0 Å². The number of imidazole rings is 1. The van der Waals surface area contributed by atoms with E-state index in [1.165, 1.54) is 6.07 Å². The third kappa shape index (κ3) is 5.68. The SMILES string of the molecule is CCCc1nc2c(n1Cc1ccc(-c3ccccc3S(=O)(=O)Nc3noc(C)c3C)c(CC#N)c1)C(=O)CCCC2. The van der Waals surface area contributed by atoms with Gasteiger partial charge in [0.05, 0.1) is 23.1 Å². The first-order chi connectivity index (χ1) is 19.7. The van der Waals surface area contributed by atoms with Crippen LogP contribution in [0.1, 0.15) is 77.1 Å². The van der Waals surface area contributed by atoms with E-state index in [2.05, 4.69) is 22.9 Å². The Kier molecular flexibility index (Phi) is 8.08. The second-order valence-electron chi connectivity index (χ2n) is 10.4. The normalized spacial score (nSPS) is 13.5. The first kappa shape index (κ1) is 28.3. The molecule has 0 atom stereocenters. The molecule has 0 amide bonds. The highest BCUT2D eigenvalue weighted by Gasteiger charge is 2.26. The molecule has 9 nitrogen and oxygen atoms in total. The Balaban J connectivity index is 1.55. The molecule has 0 bridgehead atoms. The Morgan fingerprint density at radius 2 is 1.88 bits per heavy atom. The van der Waals surface area contributed by atoms with Gasteiger partial charge in [-0.2, -0.15) is 5.26 Å². The lowest BCUT2D eigenvalue weighted by atomic mass is 9.95. The van der Waals surface area contributed by atoms with Gasteiger partial charge in [-0.1, -0.05) is 48.5 Å². The van der Waals surface area contributed by atoms with Gasteiger partial charge >= 0.3 is 0 Å². The molecule has 5 rings (SSSR count). The summed E-state index contributed by atoms with van der Waals surface area (Å²) in [6, 6.07) is 14.7. The molecule has 1 N–H and O–H groups in total. The average molecular weight is 572 g/mol. The van der Waals surface area contributed by atoms with Crippen LogP contribution in [0.4, 0.5) is 5.82 Å². The van der Waals surface area contributed by atoms with Crippen molar-refractivity contribution in [3.8, 4) is 17.2 Å². The average Bonchev–Trinajstić information content (AvgIpc) is 3.37. The molecule has 1 aliphatic carbocycles. The van der Waals surface area contributed by atoms with Crippen LogP contribution in [0.3, 0.4) is 0 Å². The zero-order valence-electron chi connectivity index (χ0n) is 23.5. The van der Waals surface area contributed by atoms with Gasteiger partial charge < -0.3 is 9.09 Å². The minimum atomic E-state index is -4.02. The first-order valence-corrected chi connectivity index (χ1v) is 15.4. The number of aromatic nitrogens is 3. The molecule has 2 heterocycles. The molecule has 212 valence electrons. The second-order valence-corrected chi connectivity index (χ2v) is 12.1. The molecule has 0 unspecified atom stereocenters. The summed E-state index contributed by atoms with van der Waals surface area (Å²) in [7, 11) is -4.02. The van der Waals surface area contributed by atoms with Crippen molar-refractivity contribution >= 4 is 21.6 Å². The highest BCUT2D eigenvalue weighted by molar-refractivity contribution is 7.92. The minimum absolute atomic E-state index is 0.0720. The summed E-state index contributed by atoms with van der Waals surface area (Å²) in [5.41, 5.74) is 4.95. The number of aryl methyl sites for hydroxylation is 3. The van der Waals surface area contributed by atoms with Crippen molar-refractivity contribution in [3.63, 3.8) is 0 Å². The Morgan fingerprint density at radius 3 is 2.61 bits per heavy atom. The van der Waals surface area contributed by atoms with Crippen LogP contribution in [0, 0.1) is 25.2 Å². The molecule has 0 radical (unpaired) electrons. The van der Waals surface area contributed by atoms with Crippen LogP contribution in [0.5, 0.6) is 0 Å². The van der Waals surface area contributed by atoms with Crippen molar-refractivity contribution in [2.75, 3.05) is 4.72 Å². The summed E-state index contributed by atoms with van der Waals surface area (Å²) in [6.07, 6.45) is 4.92. The number of sulfonamides is 1. The van der Waals surface area contributed by atoms with Crippen molar-refractivity contribution < 1.29 is 17.7 Å². The minimum Gasteiger partial charge on any atom is -0.359 e. The Hall–Kier alpha value is -4.23. The number of carbonyl (C=O) groups excluding carboxylic acids is 1. The number of anilines is 1. The van der Waals surface area contributed by atoms with E-state index >= 15 is 0 Å². The van der Waals surface area contributed by atoms with Crippen LogP contribution in [0.25, 0.3) is 11.1 Å². The van der Waals surface area contributed by atoms with Crippen LogP contribution in [-0.4, -0.2) is 28.9 Å². The van der Waals surface area contributed by atoms with Gasteiger partial charge in [-0.25, -0.2) is 13.4 Å². The maximum atomic E-state index is 13.5. The van der Waals surface area contributed by atoms with Crippen LogP contribution in [0.15, 0.2) is 51.9 Å². The Labute approximate surface area is 240 Å². The number of benzene rings is 2. The van der Waals surface area contributed by atoms with Crippen molar-refractivity contribution in [2.24, 2.45) is 0 Å². The van der Waals surface area contributed by atoms with Crippen LogP contribution < -0.4 is 4.72 Å². The predicted octanol–water partition coefficient (Wildman–Crippen LogP) is 5.93. The number of nitrogens with one attached hydrogen (secondary N) is 1. The number of Topliss-reactive ketones (excluding diaryl/α,β-unsaturated/α-hetero) is 1. The van der Waals surface area contributed by atoms with Crippen LogP contribution in [0.2, 0.25) is 0 Å². The Morgan fingerprint density at radius 1 is 1.10 bits per heavy atom. The number of nitriles is 1. The molecule has 0 saturated carbocycles. The van der Waals surface area contributed by atoms with Gasteiger partial charge in [0, 0.05) is 30.5 Å². The molecule has 41 heavy (non-hydrogen) atoms. The van der Waals surface area contributed by atoms with Crippen LogP contribution in [-0.2, 0) is 35.8 Å². The van der Waals surface area contributed by atoms with Gasteiger partial charge in [-0.3, -0.25) is 9.52 Å². The summed E-state index contributed by atoms with van der Waals surface area (Å²) in [6.45, 7) is 6.00. The van der Waals surface area contributed by atoms with Gasteiger partial charge in [0.1, 0.15) is 17.3 Å². The van der Waals surface area contributed by atoms with E-state index in [0.717, 1.165) is 49.2 Å². The molecule has 0 spiro atoms. The number of hydrogen-bond acceptors (Lipinski definition) is 7. The van der Waals surface area contributed by atoms with Crippen molar-refractivity contribution in [1.82, 2.24) is 14.7 Å². The summed E-state index contributed by atoms with van der Waals surface area (Å²) < 4.78 is 36.7. The highest BCUT2D eigenvalue weighted by Crippen LogP contribution is 2.33.